The van der Waals surface area contributed by atoms with Crippen LogP contribution >= 0.6 is 0 Å². The van der Waals surface area contributed by atoms with Crippen LogP contribution in [0.2, 0.25) is 0 Å². The van der Waals surface area contributed by atoms with Crippen molar-refractivity contribution in [2.24, 2.45) is 11.7 Å². The van der Waals surface area contributed by atoms with E-state index in [2.05, 4.69) is 10.6 Å². The van der Waals surface area contributed by atoms with Gasteiger partial charge in [-0.2, -0.15) is 13.2 Å². The summed E-state index contributed by atoms with van der Waals surface area (Å²) in [5.74, 6) is 0.226. The molecule has 2 aliphatic rings. The molecule has 4 atom stereocenters. The number of alkyl halides is 3. The smallest absolute Gasteiger partial charge is 0.326 e. The van der Waals surface area contributed by atoms with Crippen molar-refractivity contribution in [3.63, 3.8) is 0 Å². The van der Waals surface area contributed by atoms with Crippen molar-refractivity contribution in [3.05, 3.63) is 0 Å². The molecule has 0 radical (unpaired) electrons. The first-order valence-electron chi connectivity index (χ1n) is 6.27. The Bertz CT molecular complexity index is 249. The van der Waals surface area contributed by atoms with Crippen LogP contribution < -0.4 is 16.4 Å². The van der Waals surface area contributed by atoms with Gasteiger partial charge in [0.1, 0.15) is 6.04 Å². The Morgan fingerprint density at radius 3 is 2.35 bits per heavy atom. The molecule has 0 aromatic carbocycles. The van der Waals surface area contributed by atoms with E-state index >= 15 is 0 Å². The lowest BCUT2D eigenvalue weighted by Gasteiger charge is -2.40. The standard InChI is InChI=1S/C11H20F3N3/c12-11(13,14)9-4-3-7(6-17-9)10-8(15)2-1-5-16-10/h7-10,16-17H,1-6,15H2. The largest absolute Gasteiger partial charge is 0.403 e. The Balaban J connectivity index is 1.86. The molecule has 100 valence electrons. The molecule has 3 nitrogen and oxygen atoms in total. The molecule has 17 heavy (non-hydrogen) atoms. The van der Waals surface area contributed by atoms with Crippen LogP contribution in [-0.4, -0.2) is 37.4 Å². The van der Waals surface area contributed by atoms with Crippen LogP contribution in [0.5, 0.6) is 0 Å². The van der Waals surface area contributed by atoms with Gasteiger partial charge in [-0.15, -0.1) is 0 Å². The monoisotopic (exact) mass is 251 g/mol. The van der Waals surface area contributed by atoms with Gasteiger partial charge < -0.3 is 16.4 Å². The second-order valence-electron chi connectivity index (χ2n) is 5.13. The third-order valence-electron chi connectivity index (χ3n) is 3.91. The Labute approximate surface area is 99.3 Å². The van der Waals surface area contributed by atoms with Crippen molar-refractivity contribution in [3.8, 4) is 0 Å². The van der Waals surface area contributed by atoms with Gasteiger partial charge in [-0.1, -0.05) is 0 Å². The third kappa shape index (κ3) is 3.11. The summed E-state index contributed by atoms with van der Waals surface area (Å²) in [6.45, 7) is 1.34. The number of nitrogens with two attached hydrogens (primary N) is 1. The first-order valence-corrected chi connectivity index (χ1v) is 6.27. The van der Waals surface area contributed by atoms with Crippen molar-refractivity contribution < 1.29 is 13.2 Å². The summed E-state index contributed by atoms with van der Waals surface area (Å²) in [4.78, 5) is 0. The minimum atomic E-state index is -4.12. The third-order valence-corrected chi connectivity index (χ3v) is 3.91. The van der Waals surface area contributed by atoms with E-state index in [1.807, 2.05) is 0 Å². The number of hydrogen-bond donors (Lipinski definition) is 3. The fourth-order valence-electron chi connectivity index (χ4n) is 2.92. The quantitative estimate of drug-likeness (QED) is 0.651. The van der Waals surface area contributed by atoms with E-state index in [0.717, 1.165) is 19.4 Å². The van der Waals surface area contributed by atoms with Crippen LogP contribution in [0.3, 0.4) is 0 Å². The normalized spacial score (nSPS) is 40.2. The Hall–Kier alpha value is -0.330. The Morgan fingerprint density at radius 1 is 1.06 bits per heavy atom. The lowest BCUT2D eigenvalue weighted by Crippen LogP contribution is -2.58. The second-order valence-corrected chi connectivity index (χ2v) is 5.13. The summed E-state index contributed by atoms with van der Waals surface area (Å²) < 4.78 is 37.5. The maximum atomic E-state index is 12.5. The van der Waals surface area contributed by atoms with Crippen molar-refractivity contribution in [2.75, 3.05) is 13.1 Å². The summed E-state index contributed by atoms with van der Waals surface area (Å²) in [5, 5.41) is 5.95. The van der Waals surface area contributed by atoms with Gasteiger partial charge in [0.2, 0.25) is 0 Å². The fourth-order valence-corrected chi connectivity index (χ4v) is 2.92. The first-order chi connectivity index (χ1) is 7.98. The predicted octanol–water partition coefficient (Wildman–Crippen LogP) is 0.996. The SMILES string of the molecule is NC1CCCNC1C1CCC(C(F)(F)F)NC1. The minimum absolute atomic E-state index is 0.0815. The molecule has 2 aliphatic heterocycles. The average molecular weight is 251 g/mol. The van der Waals surface area contributed by atoms with E-state index in [9.17, 15) is 13.2 Å². The van der Waals surface area contributed by atoms with Crippen molar-refractivity contribution in [2.45, 2.75) is 50.0 Å². The fraction of sp³-hybridized carbons (Fsp3) is 1.00. The van der Waals surface area contributed by atoms with Gasteiger partial charge in [0.05, 0.1) is 0 Å². The van der Waals surface area contributed by atoms with Crippen LogP contribution in [0.1, 0.15) is 25.7 Å². The van der Waals surface area contributed by atoms with Crippen molar-refractivity contribution in [1.82, 2.24) is 10.6 Å². The number of piperidine rings is 2. The van der Waals surface area contributed by atoms with Crippen LogP contribution in [0, 0.1) is 5.92 Å². The summed E-state index contributed by atoms with van der Waals surface area (Å²) in [6, 6.07) is -1.08. The molecule has 4 unspecified atom stereocenters. The number of rotatable bonds is 1. The highest BCUT2D eigenvalue weighted by atomic mass is 19.4. The molecule has 0 aromatic rings. The van der Waals surface area contributed by atoms with Gasteiger partial charge >= 0.3 is 6.18 Å². The maximum Gasteiger partial charge on any atom is 0.403 e. The van der Waals surface area contributed by atoms with Crippen molar-refractivity contribution >= 4 is 0 Å². The predicted molar refractivity (Wildman–Crippen MR) is 59.6 cm³/mol. The van der Waals surface area contributed by atoms with Crippen LogP contribution in [-0.2, 0) is 0 Å². The van der Waals surface area contributed by atoms with Crippen LogP contribution in [0.25, 0.3) is 0 Å². The number of nitrogens with one attached hydrogen (secondary N) is 2. The van der Waals surface area contributed by atoms with Crippen molar-refractivity contribution in [1.29, 1.82) is 0 Å². The van der Waals surface area contributed by atoms with Gasteiger partial charge in [-0.25, -0.2) is 0 Å². The molecule has 4 N–H and O–H groups in total. The van der Waals surface area contributed by atoms with Gasteiger partial charge in [-0.3, -0.25) is 0 Å². The highest BCUT2D eigenvalue weighted by molar-refractivity contribution is 4.94. The van der Waals surface area contributed by atoms with E-state index in [0.29, 0.717) is 13.0 Å². The molecule has 2 fully saturated rings. The molecular weight excluding hydrogens is 231 g/mol. The second kappa shape index (κ2) is 5.12. The Kier molecular flexibility index (Phi) is 3.95. The zero-order valence-corrected chi connectivity index (χ0v) is 9.76. The van der Waals surface area contributed by atoms with Gasteiger partial charge in [0, 0.05) is 18.6 Å². The zero-order chi connectivity index (χ0) is 12.5. The summed E-state index contributed by atoms with van der Waals surface area (Å²) in [5.41, 5.74) is 6.02. The molecule has 0 amide bonds. The average Bonchev–Trinajstić information content (AvgIpc) is 2.29. The molecule has 6 heteroatoms. The molecular formula is C11H20F3N3. The van der Waals surface area contributed by atoms with Crippen LogP contribution in [0.4, 0.5) is 13.2 Å². The van der Waals surface area contributed by atoms with Gasteiger partial charge in [-0.05, 0) is 38.1 Å². The number of hydrogen-bond acceptors (Lipinski definition) is 3. The van der Waals surface area contributed by atoms with E-state index in [1.165, 1.54) is 0 Å². The zero-order valence-electron chi connectivity index (χ0n) is 9.76. The van der Waals surface area contributed by atoms with Crippen LogP contribution in [0.15, 0.2) is 0 Å². The highest BCUT2D eigenvalue weighted by Crippen LogP contribution is 2.30. The molecule has 0 saturated carbocycles. The molecule has 0 bridgehead atoms. The summed E-state index contributed by atoms with van der Waals surface area (Å²) in [6.07, 6.45) is -1.32. The Morgan fingerprint density at radius 2 is 1.82 bits per heavy atom. The lowest BCUT2D eigenvalue weighted by atomic mass is 9.82. The summed E-state index contributed by atoms with van der Waals surface area (Å²) in [7, 11) is 0. The van der Waals surface area contributed by atoms with E-state index in [1.54, 1.807) is 0 Å². The number of halogens is 3. The maximum absolute atomic E-state index is 12.5. The van der Waals surface area contributed by atoms with Gasteiger partial charge in [0.25, 0.3) is 0 Å². The lowest BCUT2D eigenvalue weighted by molar-refractivity contribution is -0.162. The van der Waals surface area contributed by atoms with E-state index in [4.69, 9.17) is 5.73 Å². The molecule has 2 saturated heterocycles. The summed E-state index contributed by atoms with van der Waals surface area (Å²) >= 11 is 0. The molecule has 0 aromatic heterocycles. The van der Waals surface area contributed by atoms with E-state index in [-0.39, 0.29) is 24.4 Å². The molecule has 2 rings (SSSR count). The van der Waals surface area contributed by atoms with Gasteiger partial charge in [0.15, 0.2) is 0 Å². The first kappa shape index (κ1) is 13.1. The van der Waals surface area contributed by atoms with E-state index < -0.39 is 12.2 Å². The topological polar surface area (TPSA) is 50.1 Å². The molecule has 0 spiro atoms. The molecule has 0 aliphatic carbocycles. The highest BCUT2D eigenvalue weighted by Gasteiger charge is 2.43. The minimum Gasteiger partial charge on any atom is -0.326 e. The molecule has 2 heterocycles.